The van der Waals surface area contributed by atoms with E-state index in [4.69, 9.17) is 11.6 Å². The molecule has 1 heterocycles. The Morgan fingerprint density at radius 1 is 0.967 bits per heavy atom. The van der Waals surface area contributed by atoms with Gasteiger partial charge in [0.1, 0.15) is 6.04 Å². The minimum Gasteiger partial charge on any atom is -0.349 e. The van der Waals surface area contributed by atoms with E-state index in [-0.39, 0.29) is 18.2 Å². The van der Waals surface area contributed by atoms with Crippen LogP contribution in [0.15, 0.2) is 79.0 Å². The van der Waals surface area contributed by atoms with Crippen LogP contribution in [-0.2, 0) is 29.1 Å². The van der Waals surface area contributed by atoms with E-state index in [9.17, 15) is 9.59 Å². The van der Waals surface area contributed by atoms with E-state index in [1.165, 1.54) is 0 Å². The third-order valence-corrected chi connectivity index (χ3v) is 5.05. The number of benzene rings is 2. The fourth-order valence-electron chi connectivity index (χ4n) is 3.07. The number of hydrogen-bond donors (Lipinski definition) is 1. The van der Waals surface area contributed by atoms with Gasteiger partial charge in [-0.3, -0.25) is 14.6 Å². The molecule has 0 radical (unpaired) electrons. The molecule has 154 valence electrons. The van der Waals surface area contributed by atoms with Gasteiger partial charge in [0, 0.05) is 17.8 Å². The van der Waals surface area contributed by atoms with Gasteiger partial charge in [-0.2, -0.15) is 0 Å². The van der Waals surface area contributed by atoms with Crippen LogP contribution >= 0.6 is 11.6 Å². The lowest BCUT2D eigenvalue weighted by Gasteiger charge is -2.29. The maximum absolute atomic E-state index is 13.1. The van der Waals surface area contributed by atoms with Crippen molar-refractivity contribution in [2.75, 3.05) is 0 Å². The predicted molar refractivity (Wildman–Crippen MR) is 118 cm³/mol. The molecule has 1 atom stereocenters. The van der Waals surface area contributed by atoms with Gasteiger partial charge in [0.15, 0.2) is 0 Å². The van der Waals surface area contributed by atoms with Crippen molar-refractivity contribution in [2.24, 2.45) is 0 Å². The van der Waals surface area contributed by atoms with E-state index < -0.39 is 6.04 Å². The summed E-state index contributed by atoms with van der Waals surface area (Å²) in [7, 11) is 0. The van der Waals surface area contributed by atoms with Crippen molar-refractivity contribution in [1.82, 2.24) is 15.2 Å². The summed E-state index contributed by atoms with van der Waals surface area (Å²) in [5.74, 6) is -0.345. The third kappa shape index (κ3) is 6.16. The largest absolute Gasteiger partial charge is 0.349 e. The summed E-state index contributed by atoms with van der Waals surface area (Å²) < 4.78 is 0. The fraction of sp³-hybridized carbons (Fsp3) is 0.208. The number of carbonyl (C=O) groups is 2. The topological polar surface area (TPSA) is 62.3 Å². The molecule has 0 saturated heterocycles. The molecular formula is C24H24ClN3O2. The quantitative estimate of drug-likeness (QED) is 0.597. The van der Waals surface area contributed by atoms with Crippen LogP contribution in [0.5, 0.6) is 0 Å². The predicted octanol–water partition coefficient (Wildman–Crippen LogP) is 4.01. The second kappa shape index (κ2) is 10.6. The number of nitrogens with zero attached hydrogens (tertiary/aromatic N) is 2. The summed E-state index contributed by atoms with van der Waals surface area (Å²) in [6.45, 7) is 2.41. The normalized spacial score (nSPS) is 11.5. The molecule has 0 aliphatic carbocycles. The summed E-state index contributed by atoms with van der Waals surface area (Å²) in [6.07, 6.45) is 1.88. The molecule has 0 aliphatic heterocycles. The Bertz CT molecular complexity index is 963. The van der Waals surface area contributed by atoms with Crippen molar-refractivity contribution in [3.8, 4) is 0 Å². The standard InChI is InChI=1S/C24H24ClN3O2/c1-18(24(30)27-16-22-9-5-6-14-26-22)28(17-20-7-3-2-4-8-20)23(29)15-19-10-12-21(25)13-11-19/h2-14,18H,15-17H2,1H3,(H,27,30). The highest BCUT2D eigenvalue weighted by Gasteiger charge is 2.26. The summed E-state index contributed by atoms with van der Waals surface area (Å²) in [4.78, 5) is 31.7. The molecule has 0 spiro atoms. The molecule has 1 aromatic heterocycles. The van der Waals surface area contributed by atoms with E-state index in [1.54, 1.807) is 30.2 Å². The zero-order chi connectivity index (χ0) is 21.3. The molecule has 2 aromatic carbocycles. The average molecular weight is 422 g/mol. The number of pyridine rings is 1. The minimum absolute atomic E-state index is 0.123. The van der Waals surface area contributed by atoms with Crippen LogP contribution < -0.4 is 5.32 Å². The molecule has 2 amide bonds. The summed E-state index contributed by atoms with van der Waals surface area (Å²) in [5.41, 5.74) is 2.58. The van der Waals surface area contributed by atoms with Crippen molar-refractivity contribution < 1.29 is 9.59 Å². The molecule has 1 N–H and O–H groups in total. The molecule has 30 heavy (non-hydrogen) atoms. The van der Waals surface area contributed by atoms with Gasteiger partial charge in [0.2, 0.25) is 11.8 Å². The molecule has 0 fully saturated rings. The van der Waals surface area contributed by atoms with E-state index in [1.807, 2.05) is 60.7 Å². The highest BCUT2D eigenvalue weighted by molar-refractivity contribution is 6.30. The number of halogens is 1. The lowest BCUT2D eigenvalue weighted by atomic mass is 10.1. The SMILES string of the molecule is CC(C(=O)NCc1ccccn1)N(Cc1ccccc1)C(=O)Cc1ccc(Cl)cc1. The Kier molecular flexibility index (Phi) is 7.57. The average Bonchev–Trinajstić information content (AvgIpc) is 2.78. The first-order chi connectivity index (χ1) is 14.5. The first kappa shape index (κ1) is 21.5. The Labute approximate surface area is 181 Å². The minimum atomic E-state index is -0.631. The van der Waals surface area contributed by atoms with Gasteiger partial charge in [-0.1, -0.05) is 60.1 Å². The summed E-state index contributed by atoms with van der Waals surface area (Å²) in [6, 6.07) is 21.7. The second-order valence-corrected chi connectivity index (χ2v) is 7.46. The van der Waals surface area contributed by atoms with E-state index in [0.717, 1.165) is 16.8 Å². The number of nitrogens with one attached hydrogen (secondary N) is 1. The van der Waals surface area contributed by atoms with Crippen LogP contribution in [0.2, 0.25) is 5.02 Å². The lowest BCUT2D eigenvalue weighted by molar-refractivity contribution is -0.140. The fourth-order valence-corrected chi connectivity index (χ4v) is 3.20. The van der Waals surface area contributed by atoms with Crippen LogP contribution in [-0.4, -0.2) is 27.7 Å². The first-order valence-electron chi connectivity index (χ1n) is 9.78. The smallest absolute Gasteiger partial charge is 0.242 e. The van der Waals surface area contributed by atoms with Gasteiger partial charge in [0.05, 0.1) is 18.7 Å². The van der Waals surface area contributed by atoms with Crippen LogP contribution in [0.3, 0.4) is 0 Å². The molecule has 6 heteroatoms. The number of amides is 2. The summed E-state index contributed by atoms with van der Waals surface area (Å²) >= 11 is 5.94. The third-order valence-electron chi connectivity index (χ3n) is 4.80. The van der Waals surface area contributed by atoms with E-state index in [0.29, 0.717) is 18.1 Å². The Balaban J connectivity index is 1.72. The second-order valence-electron chi connectivity index (χ2n) is 7.03. The van der Waals surface area contributed by atoms with Gasteiger partial charge >= 0.3 is 0 Å². The van der Waals surface area contributed by atoms with Gasteiger partial charge in [-0.15, -0.1) is 0 Å². The molecule has 3 aromatic rings. The molecule has 0 aliphatic rings. The molecule has 1 unspecified atom stereocenters. The zero-order valence-electron chi connectivity index (χ0n) is 16.8. The monoisotopic (exact) mass is 421 g/mol. The summed E-state index contributed by atoms with van der Waals surface area (Å²) in [5, 5.41) is 3.50. The number of aromatic nitrogens is 1. The molecular weight excluding hydrogens is 398 g/mol. The van der Waals surface area contributed by atoms with Crippen LogP contribution in [0, 0.1) is 0 Å². The highest BCUT2D eigenvalue weighted by atomic mass is 35.5. The first-order valence-corrected chi connectivity index (χ1v) is 10.2. The maximum atomic E-state index is 13.1. The lowest BCUT2D eigenvalue weighted by Crippen LogP contribution is -2.48. The van der Waals surface area contributed by atoms with Crippen LogP contribution in [0.25, 0.3) is 0 Å². The number of rotatable bonds is 8. The van der Waals surface area contributed by atoms with Crippen molar-refractivity contribution >= 4 is 23.4 Å². The van der Waals surface area contributed by atoms with Gasteiger partial charge < -0.3 is 10.2 Å². The zero-order valence-corrected chi connectivity index (χ0v) is 17.5. The van der Waals surface area contributed by atoms with E-state index >= 15 is 0 Å². The maximum Gasteiger partial charge on any atom is 0.242 e. The Hall–Kier alpha value is -3.18. The van der Waals surface area contributed by atoms with Crippen molar-refractivity contribution in [3.63, 3.8) is 0 Å². The highest BCUT2D eigenvalue weighted by Crippen LogP contribution is 2.14. The molecule has 5 nitrogen and oxygen atoms in total. The van der Waals surface area contributed by atoms with Gasteiger partial charge in [0.25, 0.3) is 0 Å². The van der Waals surface area contributed by atoms with Gasteiger partial charge in [-0.05, 0) is 42.3 Å². The Morgan fingerprint density at radius 3 is 2.33 bits per heavy atom. The van der Waals surface area contributed by atoms with Crippen LogP contribution in [0.4, 0.5) is 0 Å². The molecule has 3 rings (SSSR count). The molecule has 0 bridgehead atoms. The number of hydrogen-bond acceptors (Lipinski definition) is 3. The molecule has 0 saturated carbocycles. The van der Waals surface area contributed by atoms with Crippen molar-refractivity contribution in [1.29, 1.82) is 0 Å². The van der Waals surface area contributed by atoms with Gasteiger partial charge in [-0.25, -0.2) is 0 Å². The van der Waals surface area contributed by atoms with Crippen LogP contribution in [0.1, 0.15) is 23.7 Å². The van der Waals surface area contributed by atoms with Crippen molar-refractivity contribution in [2.45, 2.75) is 32.5 Å². The van der Waals surface area contributed by atoms with E-state index in [2.05, 4.69) is 10.3 Å². The number of carbonyl (C=O) groups excluding carboxylic acids is 2. The van der Waals surface area contributed by atoms with Crippen molar-refractivity contribution in [3.05, 3.63) is 101 Å². The Morgan fingerprint density at radius 2 is 1.67 bits per heavy atom.